The number of aryl methyl sites for hydroxylation is 1. The summed E-state index contributed by atoms with van der Waals surface area (Å²) in [6.45, 7) is 3.55. The molecule has 0 saturated heterocycles. The predicted molar refractivity (Wildman–Crippen MR) is 115 cm³/mol. The number of anilines is 1. The van der Waals surface area contributed by atoms with Gasteiger partial charge in [-0.3, -0.25) is 4.79 Å². The van der Waals surface area contributed by atoms with E-state index in [1.54, 1.807) is 6.07 Å². The van der Waals surface area contributed by atoms with Crippen molar-refractivity contribution in [2.75, 3.05) is 5.32 Å². The van der Waals surface area contributed by atoms with E-state index in [1.165, 1.54) is 5.56 Å². The summed E-state index contributed by atoms with van der Waals surface area (Å²) in [6.07, 6.45) is 0. The van der Waals surface area contributed by atoms with Crippen LogP contribution in [0, 0.1) is 6.92 Å². The molecule has 4 aromatic rings. The van der Waals surface area contributed by atoms with Gasteiger partial charge < -0.3 is 20.8 Å². The fourth-order valence-corrected chi connectivity index (χ4v) is 3.93. The molecular weight excluding hydrogens is 378 g/mol. The van der Waals surface area contributed by atoms with Gasteiger partial charge in [-0.05, 0) is 18.6 Å². The number of nitrogens with two attached hydrogens (primary N) is 1. The number of nitrogens with one attached hydrogen (secondary N) is 2. The van der Waals surface area contributed by atoms with E-state index in [2.05, 4.69) is 22.4 Å². The first-order chi connectivity index (χ1) is 14.6. The second-order valence-electron chi connectivity index (χ2n) is 7.37. The van der Waals surface area contributed by atoms with E-state index in [-0.39, 0.29) is 0 Å². The minimum absolute atomic E-state index is 0.453. The molecule has 2 aromatic carbocycles. The Morgan fingerprint density at radius 3 is 2.77 bits per heavy atom. The maximum absolute atomic E-state index is 11.8. The number of hydrogen-bond acceptors (Lipinski definition) is 5. The number of aromatic nitrogens is 3. The Morgan fingerprint density at radius 1 is 1.13 bits per heavy atom. The van der Waals surface area contributed by atoms with Crippen molar-refractivity contribution in [3.63, 3.8) is 0 Å². The van der Waals surface area contributed by atoms with Crippen LogP contribution in [0.1, 0.15) is 32.9 Å². The van der Waals surface area contributed by atoms with Crippen LogP contribution < -0.4 is 11.1 Å². The highest BCUT2D eigenvalue weighted by Crippen LogP contribution is 2.34. The number of carbonyl (C=O) groups is 1. The van der Waals surface area contributed by atoms with Crippen LogP contribution in [0.2, 0.25) is 0 Å². The van der Waals surface area contributed by atoms with Gasteiger partial charge in [0.25, 0.3) is 5.91 Å². The van der Waals surface area contributed by atoms with E-state index in [0.29, 0.717) is 36.7 Å². The summed E-state index contributed by atoms with van der Waals surface area (Å²) in [6, 6.07) is 15.7. The number of carbonyl (C=O) groups excluding carboxylic acids is 1. The largest absolute Gasteiger partial charge is 0.370 e. The summed E-state index contributed by atoms with van der Waals surface area (Å²) < 4.78 is 5.64. The molecule has 1 amide bonds. The average Bonchev–Trinajstić information content (AvgIpc) is 3.35. The van der Waals surface area contributed by atoms with Crippen molar-refractivity contribution in [1.82, 2.24) is 15.0 Å². The Morgan fingerprint density at radius 2 is 1.97 bits per heavy atom. The van der Waals surface area contributed by atoms with Crippen molar-refractivity contribution in [3.8, 4) is 11.4 Å². The molecule has 4 N–H and O–H groups in total. The predicted octanol–water partition coefficient (Wildman–Crippen LogP) is 3.67. The zero-order chi connectivity index (χ0) is 20.7. The molecule has 1 aliphatic rings. The van der Waals surface area contributed by atoms with Crippen molar-refractivity contribution in [1.29, 1.82) is 0 Å². The molecule has 1 aliphatic heterocycles. The average molecular weight is 399 g/mol. The number of aromatic amines is 1. The van der Waals surface area contributed by atoms with E-state index in [1.807, 2.05) is 37.3 Å². The van der Waals surface area contributed by atoms with Gasteiger partial charge in [-0.1, -0.05) is 42.5 Å². The molecule has 5 rings (SSSR count). The van der Waals surface area contributed by atoms with Crippen molar-refractivity contribution in [2.24, 2.45) is 5.73 Å². The molecule has 7 nitrogen and oxygen atoms in total. The monoisotopic (exact) mass is 399 g/mol. The molecule has 0 radical (unpaired) electrons. The lowest BCUT2D eigenvalue weighted by Gasteiger charge is -2.12. The molecule has 150 valence electrons. The molecule has 0 spiro atoms. The SMILES string of the molecule is Cc1[nH]c2c(C(N)=O)cccc2c1-c1nc2c(c(NCc3ccccc3)n1)COC2. The fourth-order valence-electron chi connectivity index (χ4n) is 3.93. The van der Waals surface area contributed by atoms with E-state index in [4.69, 9.17) is 20.4 Å². The van der Waals surface area contributed by atoms with E-state index in [0.717, 1.165) is 33.7 Å². The van der Waals surface area contributed by atoms with Gasteiger partial charge in [-0.15, -0.1) is 0 Å². The summed E-state index contributed by atoms with van der Waals surface area (Å²) >= 11 is 0. The summed E-state index contributed by atoms with van der Waals surface area (Å²) in [7, 11) is 0. The molecule has 7 heteroatoms. The van der Waals surface area contributed by atoms with Gasteiger partial charge in [0.1, 0.15) is 5.82 Å². The molecule has 0 aliphatic carbocycles. The number of hydrogen-bond donors (Lipinski definition) is 3. The van der Waals surface area contributed by atoms with E-state index >= 15 is 0 Å². The highest BCUT2D eigenvalue weighted by Gasteiger charge is 2.23. The third-order valence-electron chi connectivity index (χ3n) is 5.39. The number of benzene rings is 2. The molecular formula is C23H21N5O2. The minimum Gasteiger partial charge on any atom is -0.370 e. The number of ether oxygens (including phenoxy) is 1. The van der Waals surface area contributed by atoms with Crippen molar-refractivity contribution in [2.45, 2.75) is 26.7 Å². The fraction of sp³-hybridized carbons (Fsp3) is 0.174. The maximum Gasteiger partial charge on any atom is 0.250 e. The quantitative estimate of drug-likeness (QED) is 0.475. The van der Waals surface area contributed by atoms with Gasteiger partial charge in [-0.2, -0.15) is 0 Å². The lowest BCUT2D eigenvalue weighted by atomic mass is 10.1. The Hall–Kier alpha value is -3.71. The van der Waals surface area contributed by atoms with Crippen LogP contribution in [0.25, 0.3) is 22.3 Å². The van der Waals surface area contributed by atoms with Crippen LogP contribution in [-0.4, -0.2) is 20.9 Å². The second-order valence-corrected chi connectivity index (χ2v) is 7.37. The third-order valence-corrected chi connectivity index (χ3v) is 5.39. The normalized spacial score (nSPS) is 12.8. The van der Waals surface area contributed by atoms with Crippen LogP contribution >= 0.6 is 0 Å². The van der Waals surface area contributed by atoms with Crippen molar-refractivity contribution in [3.05, 3.63) is 76.6 Å². The zero-order valence-corrected chi connectivity index (χ0v) is 16.5. The van der Waals surface area contributed by atoms with Gasteiger partial charge >= 0.3 is 0 Å². The summed E-state index contributed by atoms with van der Waals surface area (Å²) in [4.78, 5) is 24.8. The van der Waals surface area contributed by atoms with Crippen LogP contribution in [0.5, 0.6) is 0 Å². The topological polar surface area (TPSA) is 106 Å². The summed E-state index contributed by atoms with van der Waals surface area (Å²) in [5.41, 5.74) is 11.5. The van der Waals surface area contributed by atoms with Gasteiger partial charge in [-0.25, -0.2) is 9.97 Å². The van der Waals surface area contributed by atoms with E-state index < -0.39 is 5.91 Å². The van der Waals surface area contributed by atoms with Gasteiger partial charge in [0.15, 0.2) is 5.82 Å². The number of amides is 1. The third kappa shape index (κ3) is 3.09. The van der Waals surface area contributed by atoms with Crippen molar-refractivity contribution >= 4 is 22.6 Å². The summed E-state index contributed by atoms with van der Waals surface area (Å²) in [5.74, 6) is 0.901. The van der Waals surface area contributed by atoms with E-state index in [9.17, 15) is 4.79 Å². The molecule has 2 aromatic heterocycles. The van der Waals surface area contributed by atoms with Crippen LogP contribution in [0.3, 0.4) is 0 Å². The molecule has 0 saturated carbocycles. The highest BCUT2D eigenvalue weighted by atomic mass is 16.5. The first kappa shape index (κ1) is 18.3. The van der Waals surface area contributed by atoms with Crippen LogP contribution in [0.15, 0.2) is 48.5 Å². The number of primary amides is 1. The number of nitrogens with zero attached hydrogens (tertiary/aromatic N) is 2. The molecule has 0 atom stereocenters. The number of H-pyrrole nitrogens is 1. The Bertz CT molecular complexity index is 1260. The zero-order valence-electron chi connectivity index (χ0n) is 16.5. The highest BCUT2D eigenvalue weighted by molar-refractivity contribution is 6.09. The van der Waals surface area contributed by atoms with Crippen LogP contribution in [0.4, 0.5) is 5.82 Å². The first-order valence-electron chi connectivity index (χ1n) is 9.78. The molecule has 30 heavy (non-hydrogen) atoms. The number of para-hydroxylation sites is 1. The Labute approximate surface area is 173 Å². The molecule has 0 fully saturated rings. The molecule has 3 heterocycles. The maximum atomic E-state index is 11.8. The Kier molecular flexibility index (Phi) is 4.44. The number of fused-ring (bicyclic) bond motifs is 2. The molecule has 0 bridgehead atoms. The smallest absolute Gasteiger partial charge is 0.250 e. The Balaban J connectivity index is 1.61. The van der Waals surface area contributed by atoms with Gasteiger partial charge in [0.05, 0.1) is 30.0 Å². The second kappa shape index (κ2) is 7.27. The lowest BCUT2D eigenvalue weighted by Crippen LogP contribution is -2.11. The molecule has 0 unspecified atom stereocenters. The lowest BCUT2D eigenvalue weighted by molar-refractivity contribution is 0.100. The van der Waals surface area contributed by atoms with Gasteiger partial charge in [0, 0.05) is 28.8 Å². The van der Waals surface area contributed by atoms with Crippen LogP contribution in [-0.2, 0) is 24.5 Å². The summed E-state index contributed by atoms with van der Waals surface area (Å²) in [5, 5.41) is 4.32. The first-order valence-corrected chi connectivity index (χ1v) is 9.78. The van der Waals surface area contributed by atoms with Crippen molar-refractivity contribution < 1.29 is 9.53 Å². The minimum atomic E-state index is -0.470. The standard InChI is InChI=1S/C23H21N5O2/c1-13-19(15-8-5-9-16(21(24)29)20(15)26-13)23-27-18-12-30-11-17(18)22(28-23)25-10-14-6-3-2-4-7-14/h2-9,26H,10-12H2,1H3,(H2,24,29)(H,25,27,28). The van der Waals surface area contributed by atoms with Gasteiger partial charge in [0.2, 0.25) is 0 Å². The number of rotatable bonds is 5.